The molecule has 274 valence electrons. The van der Waals surface area contributed by atoms with Gasteiger partial charge in [0, 0.05) is 38.8 Å². The van der Waals surface area contributed by atoms with Gasteiger partial charge in [-0.2, -0.15) is 26.3 Å². The topological polar surface area (TPSA) is 67.2 Å². The summed E-state index contributed by atoms with van der Waals surface area (Å²) in [6, 6.07) is 1.06. The molecule has 6 nitrogen and oxygen atoms in total. The van der Waals surface area contributed by atoms with Gasteiger partial charge in [-0.1, -0.05) is 13.8 Å². The second-order valence-corrected chi connectivity index (χ2v) is 16.8. The number of carbonyl (C=O) groups excluding carboxylic acids is 1. The molecule has 1 aromatic rings. The third-order valence-corrected chi connectivity index (χ3v) is 14.4. The van der Waals surface area contributed by atoms with Crippen molar-refractivity contribution in [3.63, 3.8) is 0 Å². The van der Waals surface area contributed by atoms with Crippen molar-refractivity contribution in [2.75, 3.05) is 32.7 Å². The van der Waals surface area contributed by atoms with Crippen LogP contribution in [0.3, 0.4) is 0 Å². The molecule has 2 saturated heterocycles. The third-order valence-electron chi connectivity index (χ3n) is 14.4. The van der Waals surface area contributed by atoms with E-state index in [0.717, 1.165) is 57.1 Å². The predicted octanol–water partition coefficient (Wildman–Crippen LogP) is 6.58. The number of hydrogen-bond acceptors (Lipinski definition) is 5. The number of likely N-dealkylation sites (tertiary alicyclic amines) is 1. The minimum Gasteiger partial charge on any atom is -0.393 e. The van der Waals surface area contributed by atoms with E-state index in [-0.39, 0.29) is 47.1 Å². The largest absolute Gasteiger partial charge is 0.416 e. The fraction of sp³-hybridized carbons (Fsp3) is 0.811. The molecule has 49 heavy (non-hydrogen) atoms. The van der Waals surface area contributed by atoms with Crippen LogP contribution in [0.15, 0.2) is 18.2 Å². The molecular formula is C37H51F6N3O3. The molecule has 4 saturated carbocycles. The maximum atomic E-state index is 13.8. The first-order valence-electron chi connectivity index (χ1n) is 18.4. The number of amides is 1. The summed E-state index contributed by atoms with van der Waals surface area (Å²) < 4.78 is 80.8. The van der Waals surface area contributed by atoms with Crippen LogP contribution < -0.4 is 0 Å². The van der Waals surface area contributed by atoms with E-state index in [1.54, 1.807) is 9.80 Å². The van der Waals surface area contributed by atoms with E-state index in [2.05, 4.69) is 18.7 Å². The molecule has 12 heteroatoms. The minimum atomic E-state index is -4.92. The summed E-state index contributed by atoms with van der Waals surface area (Å²) in [5, 5.41) is 22.3. The molecule has 2 heterocycles. The number of piperazine rings is 1. The number of carbonyl (C=O) groups is 1. The zero-order chi connectivity index (χ0) is 35.1. The van der Waals surface area contributed by atoms with E-state index in [1.165, 1.54) is 6.42 Å². The molecule has 7 rings (SSSR count). The zero-order valence-corrected chi connectivity index (χ0v) is 28.6. The maximum absolute atomic E-state index is 13.8. The van der Waals surface area contributed by atoms with E-state index < -0.39 is 35.6 Å². The van der Waals surface area contributed by atoms with Crippen LogP contribution in [0, 0.1) is 34.5 Å². The highest BCUT2D eigenvalue weighted by Crippen LogP contribution is 2.66. The molecule has 4 aliphatic carbocycles. The molecule has 4 unspecified atom stereocenters. The van der Waals surface area contributed by atoms with Crippen LogP contribution in [-0.4, -0.2) is 87.8 Å². The molecule has 0 radical (unpaired) electrons. The first-order chi connectivity index (χ1) is 23.0. The Morgan fingerprint density at radius 1 is 0.816 bits per heavy atom. The molecule has 0 spiro atoms. The van der Waals surface area contributed by atoms with Gasteiger partial charge >= 0.3 is 12.4 Å². The van der Waals surface area contributed by atoms with Crippen molar-refractivity contribution in [1.29, 1.82) is 0 Å². The van der Waals surface area contributed by atoms with Crippen molar-refractivity contribution in [3.05, 3.63) is 34.9 Å². The monoisotopic (exact) mass is 699 g/mol. The van der Waals surface area contributed by atoms with Crippen molar-refractivity contribution >= 4 is 5.91 Å². The lowest BCUT2D eigenvalue weighted by molar-refractivity contribution is -0.157. The molecule has 2 N–H and O–H groups in total. The first kappa shape index (κ1) is 35.5. The summed E-state index contributed by atoms with van der Waals surface area (Å²) in [5.41, 5.74) is -2.66. The fourth-order valence-corrected chi connectivity index (χ4v) is 11.7. The van der Waals surface area contributed by atoms with Crippen LogP contribution in [0.4, 0.5) is 26.3 Å². The Morgan fingerprint density at radius 3 is 2.12 bits per heavy atom. The SMILES string of the molecule is C[C@]12CC(N3CCN(C(=O)[C@@H]4CCCN4Cc4cc(C(F)(F)F)cc(C(F)(F)F)c4)CC3)C(O)CC1CC[C@@H]1[C@H]2CC[C@]2(C)C(O)CC[C@@H]12. The number of aliphatic hydroxyl groups excluding tert-OH is 2. The van der Waals surface area contributed by atoms with Crippen LogP contribution in [0.1, 0.15) is 94.7 Å². The number of fused-ring (bicyclic) bond motifs is 5. The highest BCUT2D eigenvalue weighted by molar-refractivity contribution is 5.82. The average molecular weight is 700 g/mol. The number of rotatable bonds is 4. The van der Waals surface area contributed by atoms with Crippen LogP contribution in [-0.2, 0) is 23.7 Å². The number of nitrogens with zero attached hydrogens (tertiary/aromatic N) is 3. The highest BCUT2D eigenvalue weighted by Gasteiger charge is 2.61. The molecule has 2 aliphatic heterocycles. The van der Waals surface area contributed by atoms with Gasteiger partial charge in [0.05, 0.1) is 29.4 Å². The molecule has 6 fully saturated rings. The standard InChI is InChI=1S/C37H51F6N3O3/c1-34-10-9-28-26(27(34)7-8-32(34)48)6-5-23-19-31(47)30(20-35(23,28)2)44-12-14-45(15-13-44)33(49)29-4-3-11-46(29)21-22-16-24(36(38,39)40)18-25(17-22)37(41,42)43/h16-18,23,26-32,47-48H,3-15,19-21H2,1-2H3/t23?,26-,27-,28+,29-,30?,31?,32?,34-,35-/m0/s1. The van der Waals surface area contributed by atoms with Crippen LogP contribution >= 0.6 is 0 Å². The summed E-state index contributed by atoms with van der Waals surface area (Å²) in [7, 11) is 0. The highest BCUT2D eigenvalue weighted by atomic mass is 19.4. The van der Waals surface area contributed by atoms with Gasteiger partial charge in [-0.05, 0) is 129 Å². The number of halogens is 6. The zero-order valence-electron chi connectivity index (χ0n) is 28.6. The van der Waals surface area contributed by atoms with Crippen LogP contribution in [0.5, 0.6) is 0 Å². The Bertz CT molecular complexity index is 1370. The number of hydrogen-bond donors (Lipinski definition) is 2. The maximum Gasteiger partial charge on any atom is 0.416 e. The lowest BCUT2D eigenvalue weighted by atomic mass is 9.44. The normalized spacial score (nSPS) is 40.6. The second kappa shape index (κ2) is 12.7. The van der Waals surface area contributed by atoms with Crippen molar-refractivity contribution in [2.24, 2.45) is 34.5 Å². The molecule has 6 aliphatic rings. The summed E-state index contributed by atoms with van der Waals surface area (Å²) >= 11 is 0. The van der Waals surface area contributed by atoms with E-state index in [4.69, 9.17) is 0 Å². The summed E-state index contributed by atoms with van der Waals surface area (Å²) in [6.07, 6.45) is -1.12. The van der Waals surface area contributed by atoms with Crippen LogP contribution in [0.25, 0.3) is 0 Å². The van der Waals surface area contributed by atoms with Crippen molar-refractivity contribution in [2.45, 2.75) is 121 Å². The molecule has 0 bridgehead atoms. The van der Waals surface area contributed by atoms with E-state index >= 15 is 0 Å². The number of aliphatic hydroxyl groups is 2. The Morgan fingerprint density at radius 2 is 1.47 bits per heavy atom. The van der Waals surface area contributed by atoms with Gasteiger partial charge in [0.15, 0.2) is 0 Å². The quantitative estimate of drug-likeness (QED) is 0.348. The predicted molar refractivity (Wildman–Crippen MR) is 171 cm³/mol. The summed E-state index contributed by atoms with van der Waals surface area (Å²) in [5.74, 6) is 2.12. The van der Waals surface area contributed by atoms with Gasteiger partial charge in [-0.25, -0.2) is 0 Å². The second-order valence-electron chi connectivity index (χ2n) is 16.8. The summed E-state index contributed by atoms with van der Waals surface area (Å²) in [6.45, 7) is 7.18. The lowest BCUT2D eigenvalue weighted by Crippen LogP contribution is -2.62. The Balaban J connectivity index is 0.996. The van der Waals surface area contributed by atoms with Crippen molar-refractivity contribution in [3.8, 4) is 0 Å². The Kier molecular flexibility index (Phi) is 9.17. The Hall–Kier alpha value is -1.89. The first-order valence-corrected chi connectivity index (χ1v) is 18.4. The molecule has 1 aromatic carbocycles. The van der Waals surface area contributed by atoms with Gasteiger partial charge in [0.2, 0.25) is 5.91 Å². The van der Waals surface area contributed by atoms with E-state index in [9.17, 15) is 41.4 Å². The van der Waals surface area contributed by atoms with Crippen LogP contribution in [0.2, 0.25) is 0 Å². The molecule has 1 amide bonds. The van der Waals surface area contributed by atoms with E-state index in [1.807, 2.05) is 0 Å². The van der Waals surface area contributed by atoms with Crippen molar-refractivity contribution in [1.82, 2.24) is 14.7 Å². The molecular weight excluding hydrogens is 648 g/mol. The number of benzene rings is 1. The van der Waals surface area contributed by atoms with Gasteiger partial charge < -0.3 is 15.1 Å². The van der Waals surface area contributed by atoms with Gasteiger partial charge in [0.25, 0.3) is 0 Å². The lowest BCUT2D eigenvalue weighted by Gasteiger charge is -2.62. The van der Waals surface area contributed by atoms with Crippen molar-refractivity contribution < 1.29 is 41.4 Å². The van der Waals surface area contributed by atoms with E-state index in [0.29, 0.717) is 69.2 Å². The van der Waals surface area contributed by atoms with Gasteiger partial charge in [0.1, 0.15) is 0 Å². The fourth-order valence-electron chi connectivity index (χ4n) is 11.7. The van der Waals surface area contributed by atoms with Gasteiger partial charge in [-0.3, -0.25) is 14.6 Å². The van der Waals surface area contributed by atoms with Gasteiger partial charge in [-0.15, -0.1) is 0 Å². The smallest absolute Gasteiger partial charge is 0.393 e. The summed E-state index contributed by atoms with van der Waals surface area (Å²) in [4.78, 5) is 19.6. The third kappa shape index (κ3) is 6.32. The minimum absolute atomic E-state index is 0.00597. The molecule has 10 atom stereocenters. The number of alkyl halides is 6. The molecule has 0 aromatic heterocycles. The average Bonchev–Trinajstić information content (AvgIpc) is 3.63. The Labute approximate surface area is 285 Å².